The fraction of sp³-hybridized carbons (Fsp3) is 0.500. The van der Waals surface area contributed by atoms with Crippen molar-refractivity contribution in [3.05, 3.63) is 39.9 Å². The summed E-state index contributed by atoms with van der Waals surface area (Å²) in [5.74, 6) is -1.25. The fourth-order valence-corrected chi connectivity index (χ4v) is 2.91. The summed E-state index contributed by atoms with van der Waals surface area (Å²) in [6.45, 7) is 6.14. The van der Waals surface area contributed by atoms with E-state index in [1.54, 1.807) is 6.92 Å². The first-order valence-corrected chi connectivity index (χ1v) is 9.22. The Kier molecular flexibility index (Phi) is 5.79. The third-order valence-corrected chi connectivity index (χ3v) is 4.31. The number of fused-ring (bicyclic) bond motifs is 1. The number of carbonyl (C=O) groups excluding carboxylic acids is 1. The lowest BCUT2D eigenvalue weighted by Gasteiger charge is -2.14. The molecule has 1 aromatic heterocycles. The molecule has 0 saturated heterocycles. The van der Waals surface area contributed by atoms with Gasteiger partial charge in [0.25, 0.3) is 0 Å². The van der Waals surface area contributed by atoms with Gasteiger partial charge in [-0.25, -0.2) is 9.18 Å². The van der Waals surface area contributed by atoms with Gasteiger partial charge >= 0.3 is 5.97 Å². The zero-order chi connectivity index (χ0) is 19.6. The Hall–Kier alpha value is -2.41. The Morgan fingerprint density at radius 1 is 1.30 bits per heavy atom. The van der Waals surface area contributed by atoms with Crippen LogP contribution in [-0.4, -0.2) is 36.5 Å². The van der Waals surface area contributed by atoms with Crippen LogP contribution in [0.1, 0.15) is 50.0 Å². The molecule has 1 saturated carbocycles. The zero-order valence-electron chi connectivity index (χ0n) is 15.8. The molecule has 0 atom stereocenters. The molecule has 0 N–H and O–H groups in total. The standard InChI is InChI=1S/C20H24FNO5/c1-4-25-18-10-17-14(9-16(18)21)19(23)15(11-22(17)13-5-6-13)20(24)27-8-7-26-12(2)3/h9-13H,4-8H2,1-3H3. The second-order valence-electron chi connectivity index (χ2n) is 6.80. The molecule has 1 aliphatic carbocycles. The number of hydrogen-bond acceptors (Lipinski definition) is 5. The van der Waals surface area contributed by atoms with Gasteiger partial charge in [-0.05, 0) is 39.7 Å². The first kappa shape index (κ1) is 19.4. The second-order valence-corrected chi connectivity index (χ2v) is 6.80. The third kappa shape index (κ3) is 4.30. The molecule has 0 spiro atoms. The van der Waals surface area contributed by atoms with E-state index in [4.69, 9.17) is 14.2 Å². The predicted molar refractivity (Wildman–Crippen MR) is 99.0 cm³/mol. The van der Waals surface area contributed by atoms with Crippen molar-refractivity contribution in [3.8, 4) is 5.75 Å². The summed E-state index contributed by atoms with van der Waals surface area (Å²) < 4.78 is 31.9. The van der Waals surface area contributed by atoms with Crippen LogP contribution >= 0.6 is 0 Å². The van der Waals surface area contributed by atoms with Crippen LogP contribution in [0, 0.1) is 5.82 Å². The van der Waals surface area contributed by atoms with Gasteiger partial charge in [0.05, 0.1) is 24.8 Å². The molecule has 0 amide bonds. The summed E-state index contributed by atoms with van der Waals surface area (Å²) in [4.78, 5) is 25.2. The minimum Gasteiger partial charge on any atom is -0.491 e. The van der Waals surface area contributed by atoms with Crippen LogP contribution in [-0.2, 0) is 9.47 Å². The molecule has 1 aliphatic rings. The molecule has 146 valence electrons. The van der Waals surface area contributed by atoms with Gasteiger partial charge in [0, 0.05) is 23.7 Å². The Balaban J connectivity index is 1.97. The van der Waals surface area contributed by atoms with E-state index < -0.39 is 17.2 Å². The van der Waals surface area contributed by atoms with Crippen molar-refractivity contribution in [2.75, 3.05) is 19.8 Å². The molecule has 2 aromatic rings. The Bertz CT molecular complexity index is 901. The molecule has 0 bridgehead atoms. The zero-order valence-corrected chi connectivity index (χ0v) is 15.8. The fourth-order valence-electron chi connectivity index (χ4n) is 2.91. The summed E-state index contributed by atoms with van der Waals surface area (Å²) >= 11 is 0. The van der Waals surface area contributed by atoms with Gasteiger partial charge < -0.3 is 18.8 Å². The number of nitrogens with zero attached hydrogens (tertiary/aromatic N) is 1. The molecule has 27 heavy (non-hydrogen) atoms. The topological polar surface area (TPSA) is 66.8 Å². The Morgan fingerprint density at radius 2 is 2.04 bits per heavy atom. The van der Waals surface area contributed by atoms with E-state index in [0.29, 0.717) is 12.1 Å². The minimum absolute atomic E-state index is 0.0268. The number of pyridine rings is 1. The van der Waals surface area contributed by atoms with Gasteiger partial charge in [0.15, 0.2) is 11.6 Å². The number of ether oxygens (including phenoxy) is 3. The van der Waals surface area contributed by atoms with E-state index in [9.17, 15) is 14.0 Å². The molecule has 3 rings (SSSR count). The normalized spacial score (nSPS) is 14.0. The first-order valence-electron chi connectivity index (χ1n) is 9.22. The van der Waals surface area contributed by atoms with E-state index in [0.717, 1.165) is 18.9 Å². The van der Waals surface area contributed by atoms with Gasteiger partial charge in [0.2, 0.25) is 5.43 Å². The highest BCUT2D eigenvalue weighted by Crippen LogP contribution is 2.38. The molecule has 0 unspecified atom stereocenters. The van der Waals surface area contributed by atoms with Crippen LogP contribution in [0.25, 0.3) is 10.9 Å². The van der Waals surface area contributed by atoms with Gasteiger partial charge in [0.1, 0.15) is 12.2 Å². The SMILES string of the molecule is CCOc1cc2c(cc1F)c(=O)c(C(=O)OCCOC(C)C)cn2C1CC1. The number of benzene rings is 1. The van der Waals surface area contributed by atoms with Gasteiger partial charge in [-0.3, -0.25) is 4.79 Å². The number of esters is 1. The summed E-state index contributed by atoms with van der Waals surface area (Å²) in [5.41, 5.74) is -0.0758. The number of aromatic nitrogens is 1. The highest BCUT2D eigenvalue weighted by Gasteiger charge is 2.28. The maximum atomic E-state index is 14.3. The third-order valence-electron chi connectivity index (χ3n) is 4.31. The van der Waals surface area contributed by atoms with Crippen LogP contribution in [0.15, 0.2) is 23.1 Å². The lowest BCUT2D eigenvalue weighted by molar-refractivity contribution is 0.0175. The van der Waals surface area contributed by atoms with Crippen molar-refractivity contribution < 1.29 is 23.4 Å². The lowest BCUT2D eigenvalue weighted by atomic mass is 10.1. The van der Waals surface area contributed by atoms with E-state index in [1.807, 2.05) is 18.4 Å². The van der Waals surface area contributed by atoms with Crippen LogP contribution in [0.4, 0.5) is 4.39 Å². The average Bonchev–Trinajstić information content (AvgIpc) is 3.45. The van der Waals surface area contributed by atoms with Crippen molar-refractivity contribution in [2.24, 2.45) is 0 Å². The van der Waals surface area contributed by atoms with E-state index in [-0.39, 0.29) is 42.1 Å². The molecular formula is C20H24FNO5. The molecular weight excluding hydrogens is 353 g/mol. The number of hydrogen-bond donors (Lipinski definition) is 0. The highest BCUT2D eigenvalue weighted by atomic mass is 19.1. The van der Waals surface area contributed by atoms with Crippen LogP contribution in [0.2, 0.25) is 0 Å². The summed E-state index contributed by atoms with van der Waals surface area (Å²) in [6.07, 6.45) is 3.42. The smallest absolute Gasteiger partial charge is 0.343 e. The average molecular weight is 377 g/mol. The van der Waals surface area contributed by atoms with Crippen molar-refractivity contribution in [2.45, 2.75) is 45.8 Å². The molecule has 1 fully saturated rings. The van der Waals surface area contributed by atoms with E-state index in [2.05, 4.69) is 0 Å². The summed E-state index contributed by atoms with van der Waals surface area (Å²) in [5, 5.41) is 0.149. The monoisotopic (exact) mass is 377 g/mol. The second kappa shape index (κ2) is 8.08. The largest absolute Gasteiger partial charge is 0.491 e. The van der Waals surface area contributed by atoms with Gasteiger partial charge in [-0.1, -0.05) is 0 Å². The van der Waals surface area contributed by atoms with Crippen molar-refractivity contribution in [3.63, 3.8) is 0 Å². The van der Waals surface area contributed by atoms with Gasteiger partial charge in [-0.15, -0.1) is 0 Å². The Morgan fingerprint density at radius 3 is 2.67 bits per heavy atom. The summed E-state index contributed by atoms with van der Waals surface area (Å²) in [7, 11) is 0. The predicted octanol–water partition coefficient (Wildman–Crippen LogP) is 3.46. The van der Waals surface area contributed by atoms with Crippen molar-refractivity contribution >= 4 is 16.9 Å². The van der Waals surface area contributed by atoms with E-state index in [1.165, 1.54) is 12.3 Å². The molecule has 6 nitrogen and oxygen atoms in total. The quantitative estimate of drug-likeness (QED) is 0.521. The minimum atomic E-state index is -0.724. The molecule has 1 aromatic carbocycles. The molecule has 0 aliphatic heterocycles. The number of halogens is 1. The Labute approximate surface area is 156 Å². The maximum Gasteiger partial charge on any atom is 0.343 e. The van der Waals surface area contributed by atoms with Crippen molar-refractivity contribution in [1.82, 2.24) is 4.57 Å². The van der Waals surface area contributed by atoms with E-state index >= 15 is 0 Å². The summed E-state index contributed by atoms with van der Waals surface area (Å²) in [6, 6.07) is 2.85. The first-order chi connectivity index (χ1) is 12.9. The molecule has 7 heteroatoms. The van der Waals surface area contributed by atoms with Gasteiger partial charge in [-0.2, -0.15) is 0 Å². The lowest BCUT2D eigenvalue weighted by Crippen LogP contribution is -2.22. The van der Waals surface area contributed by atoms with Crippen LogP contribution in [0.3, 0.4) is 0 Å². The van der Waals surface area contributed by atoms with Crippen LogP contribution in [0.5, 0.6) is 5.75 Å². The maximum absolute atomic E-state index is 14.3. The molecule has 1 heterocycles. The number of rotatable bonds is 8. The molecule has 0 radical (unpaired) electrons. The highest BCUT2D eigenvalue weighted by molar-refractivity contribution is 5.94. The van der Waals surface area contributed by atoms with Crippen LogP contribution < -0.4 is 10.2 Å². The van der Waals surface area contributed by atoms with Crippen molar-refractivity contribution in [1.29, 1.82) is 0 Å². The number of carbonyl (C=O) groups is 1.